The maximum atomic E-state index is 12.0. The van der Waals surface area contributed by atoms with E-state index in [9.17, 15) is 9.59 Å². The highest BCUT2D eigenvalue weighted by Crippen LogP contribution is 2.17. The van der Waals surface area contributed by atoms with E-state index in [1.54, 1.807) is 11.8 Å². The predicted octanol–water partition coefficient (Wildman–Crippen LogP) is 0.900. The van der Waals surface area contributed by atoms with Gasteiger partial charge in [0.05, 0.1) is 0 Å². The Hall–Kier alpha value is -1.78. The Balaban J connectivity index is 1.77. The Morgan fingerprint density at radius 1 is 1.37 bits per heavy atom. The van der Waals surface area contributed by atoms with Gasteiger partial charge < -0.3 is 14.8 Å². The number of carbonyl (C=O) groups is 2. The summed E-state index contributed by atoms with van der Waals surface area (Å²) in [5, 5.41) is 2.97. The van der Waals surface area contributed by atoms with Crippen LogP contribution >= 0.6 is 0 Å². The lowest BCUT2D eigenvalue weighted by atomic mass is 9.96. The van der Waals surface area contributed by atoms with E-state index in [1.807, 2.05) is 30.1 Å². The predicted molar refractivity (Wildman–Crippen MR) is 72.2 cm³/mol. The van der Waals surface area contributed by atoms with Gasteiger partial charge in [0.25, 0.3) is 0 Å². The van der Waals surface area contributed by atoms with Gasteiger partial charge in [-0.1, -0.05) is 0 Å². The van der Waals surface area contributed by atoms with Gasteiger partial charge in [0.1, 0.15) is 0 Å². The van der Waals surface area contributed by atoms with Gasteiger partial charge in [0.2, 0.25) is 11.8 Å². The molecule has 0 spiro atoms. The van der Waals surface area contributed by atoms with Gasteiger partial charge in [-0.2, -0.15) is 0 Å². The lowest BCUT2D eigenvalue weighted by molar-refractivity contribution is -0.134. The number of aryl methyl sites for hydroxylation is 1. The number of likely N-dealkylation sites (tertiary alicyclic amines) is 1. The van der Waals surface area contributed by atoms with Crippen molar-refractivity contribution in [2.24, 2.45) is 13.0 Å². The summed E-state index contributed by atoms with van der Waals surface area (Å²) in [6.45, 7) is 3.54. The van der Waals surface area contributed by atoms with Gasteiger partial charge >= 0.3 is 0 Å². The van der Waals surface area contributed by atoms with E-state index in [4.69, 9.17) is 0 Å². The molecule has 0 radical (unpaired) electrons. The number of carbonyl (C=O) groups excluding carboxylic acids is 2. The molecule has 0 atom stereocenters. The summed E-state index contributed by atoms with van der Waals surface area (Å²) in [7, 11) is 1.96. The molecule has 19 heavy (non-hydrogen) atoms. The van der Waals surface area contributed by atoms with E-state index < -0.39 is 0 Å². The van der Waals surface area contributed by atoms with Crippen LogP contribution in [0.3, 0.4) is 0 Å². The molecule has 1 aromatic rings. The third-order valence-electron chi connectivity index (χ3n) is 3.67. The first-order valence-electron chi connectivity index (χ1n) is 6.70. The maximum absolute atomic E-state index is 12.0. The highest BCUT2D eigenvalue weighted by molar-refractivity contribution is 5.79. The number of hydrogen-bond acceptors (Lipinski definition) is 2. The van der Waals surface area contributed by atoms with Crippen molar-refractivity contribution in [2.45, 2.75) is 26.3 Å². The molecule has 1 N–H and O–H groups in total. The lowest BCUT2D eigenvalue weighted by Crippen LogP contribution is -2.42. The molecular formula is C14H21N3O2. The lowest BCUT2D eigenvalue weighted by Gasteiger charge is -2.30. The summed E-state index contributed by atoms with van der Waals surface area (Å²) in [5.74, 6) is 0.245. The van der Waals surface area contributed by atoms with E-state index >= 15 is 0 Å². The van der Waals surface area contributed by atoms with Crippen LogP contribution < -0.4 is 5.32 Å². The van der Waals surface area contributed by atoms with E-state index in [-0.39, 0.29) is 17.7 Å². The van der Waals surface area contributed by atoms with Crippen molar-refractivity contribution < 1.29 is 9.59 Å². The molecule has 5 nitrogen and oxygen atoms in total. The fraction of sp³-hybridized carbons (Fsp3) is 0.571. The molecule has 104 valence electrons. The number of piperidine rings is 1. The van der Waals surface area contributed by atoms with Crippen molar-refractivity contribution in [3.05, 3.63) is 24.0 Å². The zero-order valence-electron chi connectivity index (χ0n) is 11.6. The smallest absolute Gasteiger partial charge is 0.223 e. The molecule has 1 aliphatic rings. The van der Waals surface area contributed by atoms with Crippen LogP contribution in [0.2, 0.25) is 0 Å². The quantitative estimate of drug-likeness (QED) is 0.881. The van der Waals surface area contributed by atoms with E-state index in [0.29, 0.717) is 19.6 Å². The molecule has 0 aromatic carbocycles. The largest absolute Gasteiger partial charge is 0.357 e. The van der Waals surface area contributed by atoms with Gasteiger partial charge in [0.15, 0.2) is 0 Å². The van der Waals surface area contributed by atoms with Crippen LogP contribution in [0.1, 0.15) is 25.3 Å². The van der Waals surface area contributed by atoms with Crippen molar-refractivity contribution in [3.63, 3.8) is 0 Å². The Morgan fingerprint density at radius 3 is 2.58 bits per heavy atom. The van der Waals surface area contributed by atoms with Gasteiger partial charge in [-0.15, -0.1) is 0 Å². The molecule has 1 fully saturated rings. The fourth-order valence-electron chi connectivity index (χ4n) is 2.46. The van der Waals surface area contributed by atoms with Crippen molar-refractivity contribution in [1.29, 1.82) is 0 Å². The number of nitrogens with zero attached hydrogens (tertiary/aromatic N) is 2. The summed E-state index contributed by atoms with van der Waals surface area (Å²) in [6, 6.07) is 2.00. The van der Waals surface area contributed by atoms with Crippen molar-refractivity contribution in [1.82, 2.24) is 14.8 Å². The number of amides is 2. The van der Waals surface area contributed by atoms with Crippen molar-refractivity contribution in [2.75, 3.05) is 13.1 Å². The average molecular weight is 263 g/mol. The second kappa shape index (κ2) is 5.91. The minimum absolute atomic E-state index is 0.0410. The van der Waals surface area contributed by atoms with Crippen LogP contribution in [0, 0.1) is 5.92 Å². The first-order chi connectivity index (χ1) is 9.06. The van der Waals surface area contributed by atoms with Crippen LogP contribution in [0.25, 0.3) is 0 Å². The van der Waals surface area contributed by atoms with E-state index in [0.717, 1.165) is 18.4 Å². The molecule has 2 amide bonds. The minimum Gasteiger partial charge on any atom is -0.357 e. The molecular weight excluding hydrogens is 242 g/mol. The normalized spacial score (nSPS) is 16.4. The molecule has 5 heteroatoms. The highest BCUT2D eigenvalue weighted by atomic mass is 16.2. The maximum Gasteiger partial charge on any atom is 0.223 e. The summed E-state index contributed by atoms with van der Waals surface area (Å²) in [5.41, 5.74) is 1.11. The Bertz CT molecular complexity index is 459. The summed E-state index contributed by atoms with van der Waals surface area (Å²) >= 11 is 0. The van der Waals surface area contributed by atoms with Gasteiger partial charge in [-0.05, 0) is 24.5 Å². The minimum atomic E-state index is 0.0410. The Labute approximate surface area is 113 Å². The molecule has 2 heterocycles. The number of nitrogens with one attached hydrogen (secondary N) is 1. The zero-order valence-corrected chi connectivity index (χ0v) is 11.6. The highest BCUT2D eigenvalue weighted by Gasteiger charge is 2.25. The van der Waals surface area contributed by atoms with Crippen LogP contribution in [-0.4, -0.2) is 34.4 Å². The number of hydrogen-bond donors (Lipinski definition) is 1. The monoisotopic (exact) mass is 263 g/mol. The molecule has 2 rings (SSSR count). The van der Waals surface area contributed by atoms with Crippen LogP contribution in [0.15, 0.2) is 18.5 Å². The summed E-state index contributed by atoms with van der Waals surface area (Å²) < 4.78 is 1.97. The first kappa shape index (κ1) is 13.6. The van der Waals surface area contributed by atoms with Gasteiger partial charge in [0, 0.05) is 51.9 Å². The van der Waals surface area contributed by atoms with E-state index in [1.165, 1.54) is 0 Å². The van der Waals surface area contributed by atoms with Crippen LogP contribution in [0.4, 0.5) is 0 Å². The van der Waals surface area contributed by atoms with Crippen LogP contribution in [0.5, 0.6) is 0 Å². The standard InChI is InChI=1S/C14H21N3O2/c1-11(18)17-7-4-13(5-8-17)14(19)15-9-12-3-6-16(2)10-12/h3,6,10,13H,4-5,7-9H2,1-2H3,(H,15,19). The molecule has 0 aliphatic carbocycles. The Morgan fingerprint density at radius 2 is 2.05 bits per heavy atom. The summed E-state index contributed by atoms with van der Waals surface area (Å²) in [4.78, 5) is 25.1. The van der Waals surface area contributed by atoms with Crippen LogP contribution in [-0.2, 0) is 23.2 Å². The topological polar surface area (TPSA) is 54.3 Å². The molecule has 0 unspecified atom stereocenters. The SMILES string of the molecule is CC(=O)N1CCC(C(=O)NCc2ccn(C)c2)CC1. The third kappa shape index (κ3) is 3.59. The second-order valence-electron chi connectivity index (χ2n) is 5.18. The third-order valence-corrected chi connectivity index (χ3v) is 3.67. The summed E-state index contributed by atoms with van der Waals surface area (Å²) in [6.07, 6.45) is 5.49. The molecule has 1 saturated heterocycles. The first-order valence-corrected chi connectivity index (χ1v) is 6.70. The number of aromatic nitrogens is 1. The van der Waals surface area contributed by atoms with Gasteiger partial charge in [-0.3, -0.25) is 9.59 Å². The second-order valence-corrected chi connectivity index (χ2v) is 5.18. The number of rotatable bonds is 3. The fourth-order valence-corrected chi connectivity index (χ4v) is 2.46. The average Bonchev–Trinajstić information content (AvgIpc) is 2.82. The molecule has 1 aliphatic heterocycles. The zero-order chi connectivity index (χ0) is 13.8. The molecule has 0 saturated carbocycles. The van der Waals surface area contributed by atoms with Gasteiger partial charge in [-0.25, -0.2) is 0 Å². The van der Waals surface area contributed by atoms with E-state index in [2.05, 4.69) is 5.32 Å². The van der Waals surface area contributed by atoms with Crippen molar-refractivity contribution in [3.8, 4) is 0 Å². The Kier molecular flexibility index (Phi) is 4.24. The molecule has 1 aromatic heterocycles. The molecule has 0 bridgehead atoms. The van der Waals surface area contributed by atoms with Crippen molar-refractivity contribution >= 4 is 11.8 Å².